The van der Waals surface area contributed by atoms with Gasteiger partial charge < -0.3 is 5.32 Å². The molecule has 0 aliphatic carbocycles. The minimum Gasteiger partial charge on any atom is -0.375 e. The number of nitrogens with zero attached hydrogens (tertiary/aromatic N) is 1. The van der Waals surface area contributed by atoms with Crippen LogP contribution in [0.4, 0.5) is 5.69 Å². The highest BCUT2D eigenvalue weighted by Gasteiger charge is 2.41. The molecule has 0 saturated carbocycles. The van der Waals surface area contributed by atoms with Gasteiger partial charge >= 0.3 is 0 Å². The molecule has 0 bridgehead atoms. The maximum Gasteiger partial charge on any atom is 0.199 e. The molecular formula is C15H11ClN2O2S. The van der Waals surface area contributed by atoms with Crippen LogP contribution in [0.15, 0.2) is 53.4 Å². The van der Waals surface area contributed by atoms with Crippen LogP contribution >= 0.6 is 11.6 Å². The smallest absolute Gasteiger partial charge is 0.199 e. The highest BCUT2D eigenvalue weighted by Crippen LogP contribution is 2.39. The van der Waals surface area contributed by atoms with Gasteiger partial charge in [0.05, 0.1) is 22.7 Å². The lowest BCUT2D eigenvalue weighted by molar-refractivity contribution is 0.576. The molecule has 2 aromatic carbocycles. The average Bonchev–Trinajstić information content (AvgIpc) is 2.46. The Morgan fingerprint density at radius 3 is 2.62 bits per heavy atom. The van der Waals surface area contributed by atoms with Crippen LogP contribution in [-0.2, 0) is 9.84 Å². The number of hydrogen-bond acceptors (Lipinski definition) is 4. The molecule has 2 aromatic rings. The Hall–Kier alpha value is -2.03. The molecule has 0 amide bonds. The monoisotopic (exact) mass is 318 g/mol. The molecule has 1 heterocycles. The van der Waals surface area contributed by atoms with E-state index < -0.39 is 21.1 Å². The number of benzene rings is 2. The zero-order chi connectivity index (χ0) is 15.0. The fourth-order valence-electron chi connectivity index (χ4n) is 2.50. The van der Waals surface area contributed by atoms with Crippen molar-refractivity contribution in [1.29, 1.82) is 5.26 Å². The first-order chi connectivity index (χ1) is 10.0. The predicted octanol–water partition coefficient (Wildman–Crippen LogP) is 3.17. The van der Waals surface area contributed by atoms with Crippen molar-refractivity contribution >= 4 is 27.1 Å². The number of fused-ring (bicyclic) bond motifs is 1. The topological polar surface area (TPSA) is 70.0 Å². The maximum absolute atomic E-state index is 12.6. The van der Waals surface area contributed by atoms with Crippen molar-refractivity contribution in [3.05, 3.63) is 59.1 Å². The molecule has 0 saturated heterocycles. The van der Waals surface area contributed by atoms with E-state index in [4.69, 9.17) is 11.6 Å². The van der Waals surface area contributed by atoms with Gasteiger partial charge in [0.1, 0.15) is 0 Å². The second-order valence-corrected chi connectivity index (χ2v) is 7.24. The summed E-state index contributed by atoms with van der Waals surface area (Å²) in [4.78, 5) is 0.162. The van der Waals surface area contributed by atoms with Gasteiger partial charge in [-0.2, -0.15) is 5.26 Å². The molecule has 2 atom stereocenters. The van der Waals surface area contributed by atoms with Crippen molar-refractivity contribution in [2.75, 3.05) is 5.32 Å². The molecule has 0 spiro atoms. The molecule has 0 fully saturated rings. The summed E-state index contributed by atoms with van der Waals surface area (Å²) in [5, 5.41) is 11.8. The first kappa shape index (κ1) is 13.9. The highest BCUT2D eigenvalue weighted by molar-refractivity contribution is 7.92. The third-order valence-corrected chi connectivity index (χ3v) is 5.73. The van der Waals surface area contributed by atoms with Crippen molar-refractivity contribution in [3.8, 4) is 6.07 Å². The van der Waals surface area contributed by atoms with Gasteiger partial charge in [-0.05, 0) is 29.8 Å². The molecule has 0 aromatic heterocycles. The molecule has 0 radical (unpaired) electrons. The van der Waals surface area contributed by atoms with E-state index in [1.54, 1.807) is 42.5 Å². The summed E-state index contributed by atoms with van der Waals surface area (Å²) in [6.45, 7) is 0. The van der Waals surface area contributed by atoms with Gasteiger partial charge in [-0.1, -0.05) is 35.9 Å². The van der Waals surface area contributed by atoms with Crippen LogP contribution in [0.2, 0.25) is 5.02 Å². The summed E-state index contributed by atoms with van der Waals surface area (Å²) in [6.07, 6.45) is 0. The zero-order valence-corrected chi connectivity index (χ0v) is 12.4. The van der Waals surface area contributed by atoms with Crippen molar-refractivity contribution in [2.45, 2.75) is 16.2 Å². The fourth-order valence-corrected chi connectivity index (χ4v) is 4.39. The third-order valence-electron chi connectivity index (χ3n) is 3.48. The van der Waals surface area contributed by atoms with Crippen molar-refractivity contribution in [3.63, 3.8) is 0 Å². The van der Waals surface area contributed by atoms with Crippen LogP contribution in [0.1, 0.15) is 11.6 Å². The standard InChI is InChI=1S/C15H11ClN2O2S/c16-11-5-3-4-10(8-11)15-14(9-17)21(19,20)13-7-2-1-6-12(13)18-15/h1-8,14-15,18H. The number of halogens is 1. The van der Waals surface area contributed by atoms with Crippen LogP contribution in [0, 0.1) is 11.3 Å². The van der Waals surface area contributed by atoms with Gasteiger partial charge in [0, 0.05) is 5.02 Å². The second kappa shape index (κ2) is 5.06. The number of hydrogen-bond donors (Lipinski definition) is 1. The summed E-state index contributed by atoms with van der Waals surface area (Å²) in [5.41, 5.74) is 1.18. The lowest BCUT2D eigenvalue weighted by Crippen LogP contribution is -2.36. The highest BCUT2D eigenvalue weighted by atomic mass is 35.5. The van der Waals surface area contributed by atoms with Crippen LogP contribution in [-0.4, -0.2) is 13.7 Å². The zero-order valence-electron chi connectivity index (χ0n) is 10.8. The minimum atomic E-state index is -3.71. The number of para-hydroxylation sites is 1. The van der Waals surface area contributed by atoms with E-state index >= 15 is 0 Å². The summed E-state index contributed by atoms with van der Waals surface area (Å²) in [6, 6.07) is 14.7. The van der Waals surface area contributed by atoms with Gasteiger partial charge in [-0.25, -0.2) is 8.42 Å². The Morgan fingerprint density at radius 2 is 1.90 bits per heavy atom. The van der Waals surface area contributed by atoms with E-state index in [1.165, 1.54) is 6.07 Å². The minimum absolute atomic E-state index is 0.162. The summed E-state index contributed by atoms with van der Waals surface area (Å²) >= 11 is 5.97. The molecule has 1 aliphatic rings. The normalized spacial score (nSPS) is 22.7. The number of anilines is 1. The maximum atomic E-state index is 12.6. The van der Waals surface area contributed by atoms with E-state index in [0.717, 1.165) is 0 Å². The molecule has 4 nitrogen and oxygen atoms in total. The quantitative estimate of drug-likeness (QED) is 0.876. The SMILES string of the molecule is N#CC1C(c2cccc(Cl)c2)Nc2ccccc2S1(=O)=O. The molecule has 6 heteroatoms. The van der Waals surface area contributed by atoms with E-state index in [0.29, 0.717) is 16.3 Å². The van der Waals surface area contributed by atoms with Crippen LogP contribution in [0.5, 0.6) is 0 Å². The van der Waals surface area contributed by atoms with Gasteiger partial charge in [0.15, 0.2) is 15.1 Å². The predicted molar refractivity (Wildman–Crippen MR) is 80.8 cm³/mol. The number of sulfone groups is 1. The number of nitrogens with one attached hydrogen (secondary N) is 1. The van der Waals surface area contributed by atoms with E-state index in [2.05, 4.69) is 5.32 Å². The third kappa shape index (κ3) is 2.27. The van der Waals surface area contributed by atoms with Crippen LogP contribution in [0.25, 0.3) is 0 Å². The molecule has 106 valence electrons. The van der Waals surface area contributed by atoms with Gasteiger partial charge in [0.25, 0.3) is 0 Å². The van der Waals surface area contributed by atoms with E-state index in [9.17, 15) is 13.7 Å². The Bertz CT molecular complexity index is 843. The Morgan fingerprint density at radius 1 is 1.14 bits per heavy atom. The molecule has 1 N–H and O–H groups in total. The first-order valence-corrected chi connectivity index (χ1v) is 8.21. The Kier molecular flexibility index (Phi) is 3.36. The lowest BCUT2D eigenvalue weighted by atomic mass is 10.0. The second-order valence-electron chi connectivity index (χ2n) is 4.77. The average molecular weight is 319 g/mol. The van der Waals surface area contributed by atoms with Gasteiger partial charge in [-0.15, -0.1) is 0 Å². The molecular weight excluding hydrogens is 308 g/mol. The number of nitriles is 1. The molecule has 1 aliphatic heterocycles. The largest absolute Gasteiger partial charge is 0.375 e. The first-order valence-electron chi connectivity index (χ1n) is 6.28. The van der Waals surface area contributed by atoms with Gasteiger partial charge in [0.2, 0.25) is 0 Å². The lowest BCUT2D eigenvalue weighted by Gasteiger charge is -2.31. The number of rotatable bonds is 1. The van der Waals surface area contributed by atoms with Crippen molar-refractivity contribution in [1.82, 2.24) is 0 Å². The van der Waals surface area contributed by atoms with Gasteiger partial charge in [-0.3, -0.25) is 0 Å². The van der Waals surface area contributed by atoms with Crippen LogP contribution < -0.4 is 5.32 Å². The fraction of sp³-hybridized carbons (Fsp3) is 0.133. The molecule has 21 heavy (non-hydrogen) atoms. The van der Waals surface area contributed by atoms with E-state index in [1.807, 2.05) is 6.07 Å². The van der Waals surface area contributed by atoms with Crippen LogP contribution in [0.3, 0.4) is 0 Å². The van der Waals surface area contributed by atoms with Crippen molar-refractivity contribution in [2.24, 2.45) is 0 Å². The van der Waals surface area contributed by atoms with E-state index in [-0.39, 0.29) is 4.90 Å². The molecule has 3 rings (SSSR count). The summed E-state index contributed by atoms with van der Waals surface area (Å²) in [7, 11) is -3.71. The Labute approximate surface area is 127 Å². The summed E-state index contributed by atoms with van der Waals surface area (Å²) in [5.74, 6) is 0. The molecule has 2 unspecified atom stereocenters. The van der Waals surface area contributed by atoms with Crippen molar-refractivity contribution < 1.29 is 8.42 Å². The Balaban J connectivity index is 2.18. The summed E-state index contributed by atoms with van der Waals surface area (Å²) < 4.78 is 25.2.